The van der Waals surface area contributed by atoms with Crippen molar-refractivity contribution in [3.8, 4) is 0 Å². The molecule has 2 aromatic carbocycles. The van der Waals surface area contributed by atoms with Crippen LogP contribution >= 0.6 is 0 Å². The molecular weight excluding hydrogens is 376 g/mol. The number of aliphatic hydroxyl groups is 2. The van der Waals surface area contributed by atoms with Gasteiger partial charge in [-0.05, 0) is 96.2 Å². The molecule has 0 unspecified atom stereocenters. The summed E-state index contributed by atoms with van der Waals surface area (Å²) < 4.78 is 0. The molecule has 0 atom stereocenters. The van der Waals surface area contributed by atoms with E-state index >= 15 is 0 Å². The van der Waals surface area contributed by atoms with Gasteiger partial charge in [0.25, 0.3) is 0 Å². The van der Waals surface area contributed by atoms with Crippen molar-refractivity contribution in [1.29, 1.82) is 0 Å². The van der Waals surface area contributed by atoms with Crippen LogP contribution in [-0.2, 0) is 20.8 Å². The largest absolute Gasteiger partial charge is 0.377 e. The van der Waals surface area contributed by atoms with Crippen LogP contribution in [0.4, 0.5) is 0 Å². The number of hydrogen-bond donors (Lipinski definition) is 2. The van der Waals surface area contributed by atoms with E-state index in [1.807, 2.05) is 24.3 Å². The fourth-order valence-electron chi connectivity index (χ4n) is 4.60. The van der Waals surface area contributed by atoms with E-state index in [0.29, 0.717) is 33.4 Å². The fraction of sp³-hybridized carbons (Fsp3) is 0.231. The Labute approximate surface area is 175 Å². The molecule has 0 spiro atoms. The van der Waals surface area contributed by atoms with Crippen LogP contribution in [0.5, 0.6) is 0 Å². The Morgan fingerprint density at radius 1 is 0.567 bits per heavy atom. The van der Waals surface area contributed by atoms with Gasteiger partial charge in [-0.15, -0.1) is 0 Å². The molecule has 2 aromatic rings. The van der Waals surface area contributed by atoms with Crippen molar-refractivity contribution >= 4 is 22.3 Å². The van der Waals surface area contributed by atoms with Gasteiger partial charge in [-0.3, -0.25) is 9.59 Å². The Morgan fingerprint density at radius 2 is 0.867 bits per heavy atom. The van der Waals surface area contributed by atoms with Crippen LogP contribution in [0, 0.1) is 0 Å². The highest BCUT2D eigenvalue weighted by molar-refractivity contribution is 6.10. The highest BCUT2D eigenvalue weighted by Gasteiger charge is 2.36. The molecule has 4 rings (SSSR count). The molecule has 30 heavy (non-hydrogen) atoms. The quantitative estimate of drug-likeness (QED) is 0.794. The van der Waals surface area contributed by atoms with Gasteiger partial charge in [0.15, 0.2) is 11.6 Å². The summed E-state index contributed by atoms with van der Waals surface area (Å²) in [5, 5.41) is 24.4. The molecule has 0 aromatic heterocycles. The average Bonchev–Trinajstić information content (AvgIpc) is 2.69. The van der Waals surface area contributed by atoms with Crippen molar-refractivity contribution in [2.24, 2.45) is 0 Å². The lowest BCUT2D eigenvalue weighted by Gasteiger charge is -2.31. The summed E-state index contributed by atoms with van der Waals surface area (Å²) in [6.07, 6.45) is 6.30. The molecule has 2 aliphatic rings. The maximum atomic E-state index is 12.2. The lowest BCUT2D eigenvalue weighted by molar-refractivity contribution is -0.113. The van der Waals surface area contributed by atoms with Crippen LogP contribution in [-0.4, -0.2) is 21.8 Å². The zero-order chi connectivity index (χ0) is 21.8. The molecule has 4 heteroatoms. The van der Waals surface area contributed by atoms with Gasteiger partial charge in [0.05, 0.1) is 0 Å². The SMILES string of the molecule is CC1=CC(O)(c2ccc(C3(O)C=C(C)C(=O)C(C)=C3)c3ccccc23)C=C(C)C1=O. The summed E-state index contributed by atoms with van der Waals surface area (Å²) in [4.78, 5) is 24.4. The Kier molecular flexibility index (Phi) is 4.53. The van der Waals surface area contributed by atoms with E-state index in [4.69, 9.17) is 0 Å². The highest BCUT2D eigenvalue weighted by atomic mass is 16.3. The lowest BCUT2D eigenvalue weighted by Crippen LogP contribution is -2.29. The second kappa shape index (κ2) is 6.73. The summed E-state index contributed by atoms with van der Waals surface area (Å²) in [6.45, 7) is 6.79. The second-order valence-electron chi connectivity index (χ2n) is 8.32. The summed E-state index contributed by atoms with van der Waals surface area (Å²) in [6, 6.07) is 11.1. The third kappa shape index (κ3) is 3.00. The molecule has 0 heterocycles. The van der Waals surface area contributed by atoms with E-state index in [0.717, 1.165) is 10.8 Å². The Morgan fingerprint density at radius 3 is 1.17 bits per heavy atom. The Hall–Kier alpha value is -3.08. The predicted octanol–water partition coefficient (Wildman–Crippen LogP) is 4.17. The molecule has 0 aliphatic heterocycles. The van der Waals surface area contributed by atoms with Crippen molar-refractivity contribution in [2.45, 2.75) is 38.9 Å². The number of fused-ring (bicyclic) bond motifs is 1. The van der Waals surface area contributed by atoms with Crippen molar-refractivity contribution < 1.29 is 19.8 Å². The number of ketones is 2. The maximum Gasteiger partial charge on any atom is 0.184 e. The van der Waals surface area contributed by atoms with E-state index in [1.54, 1.807) is 64.1 Å². The monoisotopic (exact) mass is 400 g/mol. The predicted molar refractivity (Wildman–Crippen MR) is 117 cm³/mol. The zero-order valence-electron chi connectivity index (χ0n) is 17.5. The second-order valence-corrected chi connectivity index (χ2v) is 8.32. The van der Waals surface area contributed by atoms with E-state index in [9.17, 15) is 19.8 Å². The number of benzene rings is 2. The normalized spacial score (nSPS) is 20.5. The van der Waals surface area contributed by atoms with E-state index in [-0.39, 0.29) is 11.6 Å². The third-order valence-corrected chi connectivity index (χ3v) is 5.97. The maximum absolute atomic E-state index is 12.2. The van der Waals surface area contributed by atoms with Crippen LogP contribution in [0.2, 0.25) is 0 Å². The number of allylic oxidation sites excluding steroid dienone is 4. The Bertz CT molecular complexity index is 1100. The molecule has 0 saturated carbocycles. The van der Waals surface area contributed by atoms with Crippen molar-refractivity contribution in [3.05, 3.63) is 94.1 Å². The molecule has 0 radical (unpaired) electrons. The summed E-state index contributed by atoms with van der Waals surface area (Å²) in [5.74, 6) is -0.161. The molecule has 0 fully saturated rings. The van der Waals surface area contributed by atoms with Crippen molar-refractivity contribution in [3.63, 3.8) is 0 Å². The van der Waals surface area contributed by atoms with E-state index in [1.165, 1.54) is 0 Å². The number of carbonyl (C=O) groups excluding carboxylic acids is 2. The molecular formula is C26H24O4. The fourth-order valence-corrected chi connectivity index (χ4v) is 4.60. The number of Topliss-reactive ketones (excluding diaryl/α,β-unsaturated/α-hetero) is 2. The van der Waals surface area contributed by atoms with Crippen molar-refractivity contribution in [1.82, 2.24) is 0 Å². The van der Waals surface area contributed by atoms with Gasteiger partial charge in [-0.25, -0.2) is 0 Å². The topological polar surface area (TPSA) is 74.6 Å². The number of rotatable bonds is 2. The van der Waals surface area contributed by atoms with E-state index < -0.39 is 11.2 Å². The standard InChI is InChI=1S/C26H24O4/c1-15-11-25(29,12-16(2)23(15)27)21-9-10-22(20-8-6-5-7-19(20)21)26(30)13-17(3)24(28)18(4)14-26/h5-14,29-30H,1-4H3. The minimum atomic E-state index is -1.43. The van der Waals surface area contributed by atoms with Gasteiger partial charge in [-0.1, -0.05) is 36.4 Å². The van der Waals surface area contributed by atoms with Crippen LogP contribution in [0.15, 0.2) is 83.0 Å². The summed E-state index contributed by atoms with van der Waals surface area (Å²) >= 11 is 0. The summed E-state index contributed by atoms with van der Waals surface area (Å²) in [5.41, 5.74) is 0.375. The van der Waals surface area contributed by atoms with Crippen LogP contribution < -0.4 is 0 Å². The highest BCUT2D eigenvalue weighted by Crippen LogP contribution is 2.41. The third-order valence-electron chi connectivity index (χ3n) is 5.97. The molecule has 0 amide bonds. The first-order chi connectivity index (χ1) is 14.1. The minimum Gasteiger partial charge on any atom is -0.377 e. The van der Waals surface area contributed by atoms with Gasteiger partial charge in [0, 0.05) is 0 Å². The molecule has 152 valence electrons. The molecule has 0 saturated heterocycles. The van der Waals surface area contributed by atoms with Crippen molar-refractivity contribution in [2.75, 3.05) is 0 Å². The van der Waals surface area contributed by atoms with Crippen LogP contribution in [0.1, 0.15) is 38.8 Å². The number of carbonyl (C=O) groups is 2. The van der Waals surface area contributed by atoms with Crippen LogP contribution in [0.3, 0.4) is 0 Å². The van der Waals surface area contributed by atoms with Gasteiger partial charge in [0.2, 0.25) is 0 Å². The van der Waals surface area contributed by atoms with Gasteiger partial charge < -0.3 is 10.2 Å². The average molecular weight is 400 g/mol. The smallest absolute Gasteiger partial charge is 0.184 e. The first kappa shape index (κ1) is 20.2. The minimum absolute atomic E-state index is 0.0805. The molecule has 0 bridgehead atoms. The first-order valence-electron chi connectivity index (χ1n) is 9.90. The van der Waals surface area contributed by atoms with Crippen LogP contribution in [0.25, 0.3) is 10.8 Å². The van der Waals surface area contributed by atoms with Gasteiger partial charge in [0.1, 0.15) is 11.2 Å². The van der Waals surface area contributed by atoms with Gasteiger partial charge >= 0.3 is 0 Å². The molecule has 4 nitrogen and oxygen atoms in total. The Balaban J connectivity index is 1.98. The molecule has 2 aliphatic carbocycles. The first-order valence-corrected chi connectivity index (χ1v) is 9.90. The van der Waals surface area contributed by atoms with E-state index in [2.05, 4.69) is 0 Å². The lowest BCUT2D eigenvalue weighted by atomic mass is 9.77. The molecule has 2 N–H and O–H groups in total. The summed E-state index contributed by atoms with van der Waals surface area (Å²) in [7, 11) is 0. The van der Waals surface area contributed by atoms with Gasteiger partial charge in [-0.2, -0.15) is 0 Å². The zero-order valence-corrected chi connectivity index (χ0v) is 17.5. The number of hydrogen-bond acceptors (Lipinski definition) is 4.